The highest BCUT2D eigenvalue weighted by molar-refractivity contribution is 8.15. The van der Waals surface area contributed by atoms with E-state index >= 15 is 0 Å². The van der Waals surface area contributed by atoms with Crippen molar-refractivity contribution in [1.29, 1.82) is 0 Å². The number of unbranched alkanes of at least 4 members (excludes halogenated alkanes) is 9. The molecule has 32 heavy (non-hydrogen) atoms. The second-order valence-electron chi connectivity index (χ2n) is 7.86. The zero-order valence-corrected chi connectivity index (χ0v) is 22.8. The molecule has 0 aliphatic rings. The summed E-state index contributed by atoms with van der Waals surface area (Å²) in [5.41, 5.74) is 0. The minimum atomic E-state index is -3.76. The second-order valence-corrected chi connectivity index (χ2v) is 13.9. The van der Waals surface area contributed by atoms with Crippen molar-refractivity contribution in [2.24, 2.45) is 0 Å². The molecule has 0 aliphatic heterocycles. The lowest BCUT2D eigenvalue weighted by molar-refractivity contribution is -0.154. The number of sulfonamides is 1. The molecule has 0 rings (SSSR count). The largest absolute Gasteiger partial charge is 0.459 e. The Kier molecular flexibility index (Phi) is 17.6. The highest BCUT2D eigenvalue weighted by Gasteiger charge is 2.36. The predicted octanol–water partition coefficient (Wildman–Crippen LogP) is 4.89. The van der Waals surface area contributed by atoms with Crippen molar-refractivity contribution < 1.29 is 27.3 Å². The number of carbonyl (C=O) groups is 2. The molecule has 1 amide bonds. The number of ether oxygens (including phenoxy) is 1. The van der Waals surface area contributed by atoms with E-state index in [9.17, 15) is 18.0 Å². The van der Waals surface area contributed by atoms with Crippen LogP contribution in [0.3, 0.4) is 0 Å². The number of hydrogen-bond donors (Lipinski definition) is 1. The maximum absolute atomic E-state index is 12.8. The standard InChI is InChI=1S/C21H43N2O6PS2/c1-5-8-11-14-17-28-21(25)20(24)22-30(31,29-18-15-12-9-6-2)23(4)32(26,27)19-16-13-10-7-3/h5-19H2,1-4H3,(H,22,24,31). The van der Waals surface area contributed by atoms with Crippen LogP contribution < -0.4 is 5.09 Å². The second kappa shape index (κ2) is 17.9. The van der Waals surface area contributed by atoms with Gasteiger partial charge < -0.3 is 9.26 Å². The maximum atomic E-state index is 12.8. The normalized spacial score (nSPS) is 13.7. The molecule has 0 aromatic rings. The van der Waals surface area contributed by atoms with Gasteiger partial charge in [0.2, 0.25) is 16.6 Å². The molecule has 190 valence electrons. The van der Waals surface area contributed by atoms with Crippen molar-refractivity contribution in [1.82, 2.24) is 9.16 Å². The smallest absolute Gasteiger partial charge is 0.397 e. The van der Waals surface area contributed by atoms with Gasteiger partial charge in [0.1, 0.15) is 0 Å². The van der Waals surface area contributed by atoms with Gasteiger partial charge in [-0.3, -0.25) is 9.88 Å². The first-order chi connectivity index (χ1) is 15.1. The van der Waals surface area contributed by atoms with Gasteiger partial charge in [0.15, 0.2) is 0 Å². The molecule has 0 saturated carbocycles. The molecule has 0 saturated heterocycles. The molecule has 11 heteroatoms. The van der Waals surface area contributed by atoms with E-state index in [0.717, 1.165) is 61.9 Å². The fourth-order valence-electron chi connectivity index (χ4n) is 2.84. The molecular formula is C21H43N2O6PS2. The first-order valence-corrected chi connectivity index (χ1v) is 16.1. The first-order valence-electron chi connectivity index (χ1n) is 11.9. The third kappa shape index (κ3) is 13.2. The van der Waals surface area contributed by atoms with Crippen molar-refractivity contribution in [3.8, 4) is 0 Å². The van der Waals surface area contributed by atoms with E-state index in [1.165, 1.54) is 7.05 Å². The van der Waals surface area contributed by atoms with Crippen LogP contribution >= 0.6 is 6.57 Å². The quantitative estimate of drug-likeness (QED) is 0.113. The first kappa shape index (κ1) is 31.5. The summed E-state index contributed by atoms with van der Waals surface area (Å²) in [5, 5.41) is 2.38. The van der Waals surface area contributed by atoms with Gasteiger partial charge in [-0.05, 0) is 31.1 Å². The molecular weight excluding hydrogens is 471 g/mol. The summed E-state index contributed by atoms with van der Waals surface area (Å²) in [6.07, 6.45) is 10.5. The van der Waals surface area contributed by atoms with E-state index in [1.807, 2.05) is 6.92 Å². The van der Waals surface area contributed by atoms with Gasteiger partial charge in [0.25, 0.3) is 0 Å². The predicted molar refractivity (Wildman–Crippen MR) is 133 cm³/mol. The third-order valence-corrected chi connectivity index (χ3v) is 11.4. The number of esters is 1. The van der Waals surface area contributed by atoms with E-state index in [2.05, 4.69) is 18.9 Å². The van der Waals surface area contributed by atoms with Crippen LogP contribution in [0.5, 0.6) is 0 Å². The fourth-order valence-corrected chi connectivity index (χ4v) is 7.97. The zero-order valence-electron chi connectivity index (χ0n) is 20.3. The molecule has 1 unspecified atom stereocenters. The van der Waals surface area contributed by atoms with Crippen LogP contribution in [0.1, 0.15) is 97.8 Å². The summed E-state index contributed by atoms with van der Waals surface area (Å²) in [6, 6.07) is 0. The van der Waals surface area contributed by atoms with Crippen molar-refractivity contribution in [2.45, 2.75) is 97.8 Å². The highest BCUT2D eigenvalue weighted by atomic mass is 32.5. The Labute approximate surface area is 200 Å². The Morgan fingerprint density at radius 3 is 1.88 bits per heavy atom. The van der Waals surface area contributed by atoms with Crippen LogP contribution in [-0.4, -0.2) is 50.4 Å². The Hall–Kier alpha value is -0.540. The molecule has 0 fully saturated rings. The van der Waals surface area contributed by atoms with E-state index in [0.29, 0.717) is 19.3 Å². The topological polar surface area (TPSA) is 102 Å². The lowest BCUT2D eigenvalue weighted by Crippen LogP contribution is -2.39. The van der Waals surface area contributed by atoms with Crippen molar-refractivity contribution in [3.05, 3.63) is 0 Å². The number of rotatable bonds is 19. The average Bonchev–Trinajstić information content (AvgIpc) is 2.75. The summed E-state index contributed by atoms with van der Waals surface area (Å²) < 4.78 is 37.4. The van der Waals surface area contributed by atoms with Crippen LogP contribution in [0, 0.1) is 0 Å². The minimum absolute atomic E-state index is 0.0845. The summed E-state index contributed by atoms with van der Waals surface area (Å²) in [6.45, 7) is 3.03. The van der Waals surface area contributed by atoms with Crippen molar-refractivity contribution in [3.63, 3.8) is 0 Å². The van der Waals surface area contributed by atoms with Gasteiger partial charge in [0.05, 0.1) is 19.0 Å². The molecule has 1 atom stereocenters. The van der Waals surface area contributed by atoms with E-state index in [4.69, 9.17) is 21.1 Å². The van der Waals surface area contributed by atoms with Gasteiger partial charge in [-0.25, -0.2) is 13.2 Å². The van der Waals surface area contributed by atoms with Gasteiger partial charge in [-0.2, -0.15) is 0 Å². The Morgan fingerprint density at radius 2 is 1.34 bits per heavy atom. The van der Waals surface area contributed by atoms with Crippen LogP contribution in [-0.2, 0) is 40.7 Å². The third-order valence-electron chi connectivity index (χ3n) is 4.95. The molecule has 0 bridgehead atoms. The number of carbonyl (C=O) groups excluding carboxylic acids is 2. The minimum Gasteiger partial charge on any atom is -0.459 e. The molecule has 0 radical (unpaired) electrons. The van der Waals surface area contributed by atoms with E-state index in [-0.39, 0.29) is 19.0 Å². The van der Waals surface area contributed by atoms with E-state index < -0.39 is 28.5 Å². The fraction of sp³-hybridized carbons (Fsp3) is 0.905. The van der Waals surface area contributed by atoms with E-state index in [1.54, 1.807) is 0 Å². The maximum Gasteiger partial charge on any atom is 0.397 e. The average molecular weight is 515 g/mol. The monoisotopic (exact) mass is 514 g/mol. The van der Waals surface area contributed by atoms with Crippen LogP contribution in [0.15, 0.2) is 0 Å². The number of nitrogens with zero attached hydrogens (tertiary/aromatic N) is 1. The molecule has 0 aromatic carbocycles. The van der Waals surface area contributed by atoms with Gasteiger partial charge >= 0.3 is 11.9 Å². The van der Waals surface area contributed by atoms with Gasteiger partial charge in [-0.1, -0.05) is 78.6 Å². The molecule has 0 spiro atoms. The Morgan fingerprint density at radius 1 is 0.844 bits per heavy atom. The molecule has 1 N–H and O–H groups in total. The SMILES string of the molecule is CCCCCCOC(=O)C(=O)NP(=S)(OCCCCCC)N(C)S(=O)(=O)CCCCCC. The van der Waals surface area contributed by atoms with Crippen molar-refractivity contribution in [2.75, 3.05) is 26.0 Å². The van der Waals surface area contributed by atoms with Gasteiger partial charge in [0, 0.05) is 7.05 Å². The summed E-state index contributed by atoms with van der Waals surface area (Å²) in [4.78, 5) is 24.5. The summed E-state index contributed by atoms with van der Waals surface area (Å²) in [7, 11) is -2.44. The summed E-state index contributed by atoms with van der Waals surface area (Å²) >= 11 is 5.51. The van der Waals surface area contributed by atoms with Crippen LogP contribution in [0.25, 0.3) is 0 Å². The van der Waals surface area contributed by atoms with Crippen LogP contribution in [0.4, 0.5) is 0 Å². The zero-order chi connectivity index (χ0) is 24.5. The number of nitrogens with one attached hydrogen (secondary N) is 1. The van der Waals surface area contributed by atoms with Gasteiger partial charge in [-0.15, -0.1) is 4.08 Å². The molecule has 8 nitrogen and oxygen atoms in total. The molecule has 0 heterocycles. The number of amides is 1. The lowest BCUT2D eigenvalue weighted by Gasteiger charge is -2.30. The van der Waals surface area contributed by atoms with Crippen LogP contribution in [0.2, 0.25) is 0 Å². The number of hydrogen-bond acceptors (Lipinski definition) is 7. The highest BCUT2D eigenvalue weighted by Crippen LogP contribution is 2.48. The van der Waals surface area contributed by atoms with Crippen molar-refractivity contribution >= 4 is 40.3 Å². The molecule has 0 aliphatic carbocycles. The summed E-state index contributed by atoms with van der Waals surface area (Å²) in [5.74, 6) is -2.22. The Bertz CT molecular complexity index is 688. The lowest BCUT2D eigenvalue weighted by atomic mass is 10.2. The molecule has 0 aromatic heterocycles. The Balaban J connectivity index is 5.14.